The van der Waals surface area contributed by atoms with E-state index in [1.54, 1.807) is 21.3 Å². The van der Waals surface area contributed by atoms with Gasteiger partial charge in [0.15, 0.2) is 11.5 Å². The van der Waals surface area contributed by atoms with Crippen LogP contribution in [0.25, 0.3) is 0 Å². The molecule has 0 fully saturated rings. The van der Waals surface area contributed by atoms with Crippen molar-refractivity contribution in [2.24, 2.45) is 5.92 Å². The van der Waals surface area contributed by atoms with E-state index in [4.69, 9.17) is 14.2 Å². The number of hydrogen-bond donors (Lipinski definition) is 1. The number of amides is 1. The van der Waals surface area contributed by atoms with Crippen molar-refractivity contribution < 1.29 is 19.0 Å². The van der Waals surface area contributed by atoms with Gasteiger partial charge in [-0.05, 0) is 41.8 Å². The van der Waals surface area contributed by atoms with Gasteiger partial charge in [0.2, 0.25) is 5.91 Å². The highest BCUT2D eigenvalue weighted by Gasteiger charge is 2.14. The van der Waals surface area contributed by atoms with Gasteiger partial charge < -0.3 is 19.5 Å². The van der Waals surface area contributed by atoms with E-state index in [1.807, 2.05) is 49.4 Å². The van der Waals surface area contributed by atoms with Crippen LogP contribution in [0, 0.1) is 5.92 Å². The summed E-state index contributed by atoms with van der Waals surface area (Å²) in [6.45, 7) is 2.42. The fourth-order valence-electron chi connectivity index (χ4n) is 2.56. The largest absolute Gasteiger partial charge is 0.497 e. The quantitative estimate of drug-likeness (QED) is 0.800. The highest BCUT2D eigenvalue weighted by Crippen LogP contribution is 2.28. The van der Waals surface area contributed by atoms with Crippen LogP contribution < -0.4 is 19.5 Å². The molecule has 0 aliphatic carbocycles. The Balaban J connectivity index is 1.91. The van der Waals surface area contributed by atoms with Crippen molar-refractivity contribution in [3.05, 3.63) is 53.6 Å². The van der Waals surface area contributed by atoms with E-state index in [9.17, 15) is 4.79 Å². The van der Waals surface area contributed by atoms with E-state index in [-0.39, 0.29) is 11.8 Å². The van der Waals surface area contributed by atoms with E-state index in [0.29, 0.717) is 24.5 Å². The van der Waals surface area contributed by atoms with Crippen molar-refractivity contribution in [1.82, 2.24) is 5.32 Å². The molecule has 0 aliphatic rings. The summed E-state index contributed by atoms with van der Waals surface area (Å²) in [6, 6.07) is 13.4. The smallest absolute Gasteiger partial charge is 0.223 e. The molecular formula is C20H25NO4. The lowest BCUT2D eigenvalue weighted by Crippen LogP contribution is -2.29. The molecule has 0 radical (unpaired) electrons. The summed E-state index contributed by atoms with van der Waals surface area (Å²) in [6.07, 6.45) is 0.634. The lowest BCUT2D eigenvalue weighted by atomic mass is 10.00. The van der Waals surface area contributed by atoms with Crippen molar-refractivity contribution in [3.63, 3.8) is 0 Å². The summed E-state index contributed by atoms with van der Waals surface area (Å²) in [5.41, 5.74) is 2.07. The van der Waals surface area contributed by atoms with Crippen molar-refractivity contribution in [2.45, 2.75) is 19.9 Å². The van der Waals surface area contributed by atoms with Crippen LogP contribution in [0.1, 0.15) is 18.1 Å². The van der Waals surface area contributed by atoms with Gasteiger partial charge in [-0.1, -0.05) is 25.1 Å². The Kier molecular flexibility index (Phi) is 6.69. The molecule has 0 aliphatic heterocycles. The van der Waals surface area contributed by atoms with Gasteiger partial charge in [0, 0.05) is 12.5 Å². The Hall–Kier alpha value is -2.69. The van der Waals surface area contributed by atoms with Crippen LogP contribution in [0.4, 0.5) is 0 Å². The lowest BCUT2D eigenvalue weighted by molar-refractivity contribution is -0.124. The molecule has 5 nitrogen and oxygen atoms in total. The first-order valence-electron chi connectivity index (χ1n) is 8.19. The molecule has 2 rings (SSSR count). The van der Waals surface area contributed by atoms with Crippen molar-refractivity contribution in [3.8, 4) is 17.2 Å². The lowest BCUT2D eigenvalue weighted by Gasteiger charge is -2.14. The molecule has 2 aromatic carbocycles. The molecule has 134 valence electrons. The van der Waals surface area contributed by atoms with Crippen LogP contribution in [0.5, 0.6) is 17.2 Å². The molecule has 0 bridgehead atoms. The third kappa shape index (κ3) is 5.14. The number of rotatable bonds is 8. The first kappa shape index (κ1) is 18.6. The minimum atomic E-state index is -0.142. The van der Waals surface area contributed by atoms with Crippen molar-refractivity contribution in [1.29, 1.82) is 0 Å². The fraction of sp³-hybridized carbons (Fsp3) is 0.350. The second-order valence-corrected chi connectivity index (χ2v) is 5.86. The average molecular weight is 343 g/mol. The first-order valence-corrected chi connectivity index (χ1v) is 8.19. The van der Waals surface area contributed by atoms with Crippen LogP contribution in [-0.4, -0.2) is 27.2 Å². The summed E-state index contributed by atoms with van der Waals surface area (Å²) in [5, 5.41) is 2.97. The van der Waals surface area contributed by atoms with Gasteiger partial charge in [-0.2, -0.15) is 0 Å². The Bertz CT molecular complexity index is 697. The zero-order chi connectivity index (χ0) is 18.2. The van der Waals surface area contributed by atoms with Gasteiger partial charge in [0.05, 0.1) is 21.3 Å². The van der Waals surface area contributed by atoms with E-state index in [1.165, 1.54) is 0 Å². The monoisotopic (exact) mass is 343 g/mol. The number of methoxy groups -OCH3 is 3. The first-order chi connectivity index (χ1) is 12.1. The summed E-state index contributed by atoms with van der Waals surface area (Å²) >= 11 is 0. The molecule has 5 heteroatoms. The van der Waals surface area contributed by atoms with Gasteiger partial charge in [-0.3, -0.25) is 4.79 Å². The van der Waals surface area contributed by atoms with Crippen LogP contribution in [0.3, 0.4) is 0 Å². The Morgan fingerprint density at radius 1 is 0.920 bits per heavy atom. The summed E-state index contributed by atoms with van der Waals surface area (Å²) < 4.78 is 15.7. The van der Waals surface area contributed by atoms with Crippen LogP contribution in [0.2, 0.25) is 0 Å². The van der Waals surface area contributed by atoms with Gasteiger partial charge in [-0.25, -0.2) is 0 Å². The zero-order valence-corrected chi connectivity index (χ0v) is 15.2. The normalized spacial score (nSPS) is 11.5. The van der Waals surface area contributed by atoms with Crippen LogP contribution >= 0.6 is 0 Å². The average Bonchev–Trinajstić information content (AvgIpc) is 2.66. The van der Waals surface area contributed by atoms with Crippen molar-refractivity contribution in [2.75, 3.05) is 21.3 Å². The molecule has 2 aromatic rings. The molecule has 1 unspecified atom stereocenters. The van der Waals surface area contributed by atoms with Gasteiger partial charge in [-0.15, -0.1) is 0 Å². The van der Waals surface area contributed by atoms with E-state index in [0.717, 1.165) is 16.9 Å². The summed E-state index contributed by atoms with van der Waals surface area (Å²) in [5.74, 6) is 2.03. The Morgan fingerprint density at radius 3 is 2.16 bits per heavy atom. The highest BCUT2D eigenvalue weighted by atomic mass is 16.5. The standard InChI is InChI=1S/C20H25NO4/c1-14(11-16-7-10-18(24-3)19(12-16)25-4)20(22)21-13-15-5-8-17(23-2)9-6-15/h5-10,12,14H,11,13H2,1-4H3,(H,21,22). The molecule has 0 spiro atoms. The second kappa shape index (κ2) is 8.97. The van der Waals surface area contributed by atoms with Crippen LogP contribution in [0.15, 0.2) is 42.5 Å². The summed E-state index contributed by atoms with van der Waals surface area (Å²) in [7, 11) is 4.84. The zero-order valence-electron chi connectivity index (χ0n) is 15.2. The van der Waals surface area contributed by atoms with Gasteiger partial charge in [0.25, 0.3) is 0 Å². The van der Waals surface area contributed by atoms with E-state index in [2.05, 4.69) is 5.32 Å². The number of benzene rings is 2. The molecule has 1 amide bonds. The number of carbonyl (C=O) groups excluding carboxylic acids is 1. The second-order valence-electron chi connectivity index (χ2n) is 5.86. The number of nitrogens with one attached hydrogen (secondary N) is 1. The fourth-order valence-corrected chi connectivity index (χ4v) is 2.56. The maximum absolute atomic E-state index is 12.3. The van der Waals surface area contributed by atoms with Gasteiger partial charge in [0.1, 0.15) is 5.75 Å². The predicted octanol–water partition coefficient (Wildman–Crippen LogP) is 3.21. The topological polar surface area (TPSA) is 56.8 Å². The van der Waals surface area contributed by atoms with E-state index >= 15 is 0 Å². The summed E-state index contributed by atoms with van der Waals surface area (Å²) in [4.78, 5) is 12.3. The SMILES string of the molecule is COc1ccc(CNC(=O)C(C)Cc2ccc(OC)c(OC)c2)cc1. The number of carbonyl (C=O) groups is 1. The number of ether oxygens (including phenoxy) is 3. The molecule has 25 heavy (non-hydrogen) atoms. The van der Waals surface area contributed by atoms with Crippen molar-refractivity contribution >= 4 is 5.91 Å². The molecule has 0 aromatic heterocycles. The highest BCUT2D eigenvalue weighted by molar-refractivity contribution is 5.78. The molecule has 1 atom stereocenters. The maximum atomic E-state index is 12.3. The minimum Gasteiger partial charge on any atom is -0.497 e. The molecular weight excluding hydrogens is 318 g/mol. The maximum Gasteiger partial charge on any atom is 0.223 e. The molecule has 0 saturated heterocycles. The third-order valence-corrected chi connectivity index (χ3v) is 4.06. The molecule has 0 heterocycles. The Labute approximate surface area is 148 Å². The minimum absolute atomic E-state index is 0.0191. The third-order valence-electron chi connectivity index (χ3n) is 4.06. The Morgan fingerprint density at radius 2 is 1.56 bits per heavy atom. The van der Waals surface area contributed by atoms with Gasteiger partial charge >= 0.3 is 0 Å². The van der Waals surface area contributed by atoms with Crippen LogP contribution in [-0.2, 0) is 17.8 Å². The predicted molar refractivity (Wildman–Crippen MR) is 97.3 cm³/mol. The molecule has 0 saturated carbocycles. The molecule has 1 N–H and O–H groups in total. The van der Waals surface area contributed by atoms with E-state index < -0.39 is 0 Å². The number of hydrogen-bond acceptors (Lipinski definition) is 4.